The molecule has 6 nitrogen and oxygen atoms in total. The molecule has 0 aliphatic carbocycles. The molecule has 166 valence electrons. The van der Waals surface area contributed by atoms with Crippen molar-refractivity contribution in [3.63, 3.8) is 0 Å². The van der Waals surface area contributed by atoms with E-state index in [-0.39, 0.29) is 5.57 Å². The number of carbonyl (C=O) groups is 1. The quantitative estimate of drug-likeness (QED) is 0.184. The van der Waals surface area contributed by atoms with Crippen molar-refractivity contribution in [3.8, 4) is 17.3 Å². The summed E-state index contributed by atoms with van der Waals surface area (Å²) in [7, 11) is 0. The molecule has 3 aromatic carbocycles. The largest absolute Gasteiger partial charge is 0.297 e. The number of hydrogen-bond acceptors (Lipinski definition) is 6. The number of nitrogens with one attached hydrogen (secondary N) is 1. The lowest BCUT2D eigenvalue weighted by Crippen LogP contribution is -2.13. The van der Waals surface area contributed by atoms with Crippen LogP contribution in [0.1, 0.15) is 16.7 Å². The molecule has 1 N–H and O–H groups in total. The number of azo groups is 1. The third-order valence-corrected chi connectivity index (χ3v) is 5.78. The number of hydrogen-bond donors (Lipinski definition) is 1. The second-order valence-electron chi connectivity index (χ2n) is 7.61. The van der Waals surface area contributed by atoms with Crippen LogP contribution in [0, 0.1) is 25.2 Å². The van der Waals surface area contributed by atoms with Crippen LogP contribution in [0.3, 0.4) is 0 Å². The van der Waals surface area contributed by atoms with Crippen molar-refractivity contribution in [2.75, 3.05) is 5.32 Å². The van der Waals surface area contributed by atoms with Gasteiger partial charge >= 0.3 is 0 Å². The minimum atomic E-state index is -0.529. The van der Waals surface area contributed by atoms with Crippen molar-refractivity contribution < 1.29 is 4.79 Å². The molecular weight excluding hydrogens is 442 g/mol. The van der Waals surface area contributed by atoms with E-state index in [2.05, 4.69) is 20.5 Å². The fourth-order valence-corrected chi connectivity index (χ4v) is 3.88. The number of amides is 1. The van der Waals surface area contributed by atoms with Crippen molar-refractivity contribution in [2.45, 2.75) is 13.8 Å². The number of benzene rings is 3. The predicted octanol–water partition coefficient (Wildman–Crippen LogP) is 7.39. The van der Waals surface area contributed by atoms with E-state index in [1.165, 1.54) is 11.3 Å². The Balaban J connectivity index is 1.62. The van der Waals surface area contributed by atoms with Crippen molar-refractivity contribution in [2.24, 2.45) is 10.2 Å². The molecule has 0 spiro atoms. The van der Waals surface area contributed by atoms with Gasteiger partial charge in [0.05, 0.1) is 5.69 Å². The maximum Gasteiger partial charge on any atom is 0.268 e. The summed E-state index contributed by atoms with van der Waals surface area (Å²) in [4.78, 5) is 17.4. The normalized spacial score (nSPS) is 11.4. The zero-order valence-electron chi connectivity index (χ0n) is 18.7. The molecule has 0 saturated carbocycles. The highest BCUT2D eigenvalue weighted by molar-refractivity contribution is 7.19. The van der Waals surface area contributed by atoms with Crippen LogP contribution in [0.15, 0.2) is 94.7 Å². The molecule has 0 unspecified atom stereocenters. The molecule has 0 aliphatic heterocycles. The summed E-state index contributed by atoms with van der Waals surface area (Å²) < 4.78 is 0. The summed E-state index contributed by atoms with van der Waals surface area (Å²) in [5, 5.41) is 21.9. The van der Waals surface area contributed by atoms with Gasteiger partial charge in [-0.25, -0.2) is 4.98 Å². The number of aryl methyl sites for hydroxylation is 2. The average molecular weight is 464 g/mol. The van der Waals surface area contributed by atoms with E-state index in [0.717, 1.165) is 27.9 Å². The van der Waals surface area contributed by atoms with E-state index >= 15 is 0 Å². The summed E-state index contributed by atoms with van der Waals surface area (Å²) in [6.07, 6.45) is 1.55. The van der Waals surface area contributed by atoms with Crippen molar-refractivity contribution in [3.05, 3.63) is 101 Å². The van der Waals surface area contributed by atoms with Gasteiger partial charge in [-0.15, -0.1) is 10.2 Å². The predicted molar refractivity (Wildman–Crippen MR) is 136 cm³/mol. The van der Waals surface area contributed by atoms with Crippen LogP contribution in [-0.2, 0) is 4.79 Å². The molecule has 0 aliphatic rings. The molecule has 1 amide bonds. The highest BCUT2D eigenvalue weighted by Crippen LogP contribution is 2.39. The molecule has 0 bridgehead atoms. The SMILES string of the molecule is Cc1ccc(/C=C(\C#N)C(=O)Nc2nc(-c3ccccc3)c(N=Nc3ccc(C)cc3)s2)cc1. The van der Waals surface area contributed by atoms with E-state index < -0.39 is 5.91 Å². The molecule has 0 saturated heterocycles. The second kappa shape index (κ2) is 10.5. The summed E-state index contributed by atoms with van der Waals surface area (Å²) in [5.74, 6) is -0.529. The topological polar surface area (TPSA) is 90.5 Å². The Labute approximate surface area is 202 Å². The Kier molecular flexibility index (Phi) is 7.01. The van der Waals surface area contributed by atoms with Gasteiger partial charge in [0.15, 0.2) is 10.1 Å². The third-order valence-electron chi connectivity index (χ3n) is 4.92. The molecule has 7 heteroatoms. The summed E-state index contributed by atoms with van der Waals surface area (Å²) in [6, 6.07) is 26.8. The zero-order chi connectivity index (χ0) is 23.9. The summed E-state index contributed by atoms with van der Waals surface area (Å²) >= 11 is 1.20. The highest BCUT2D eigenvalue weighted by Gasteiger charge is 2.17. The van der Waals surface area contributed by atoms with Crippen LogP contribution >= 0.6 is 11.3 Å². The number of nitrogens with zero attached hydrogens (tertiary/aromatic N) is 4. The minimum absolute atomic E-state index is 0.0110. The fraction of sp³-hybridized carbons (Fsp3) is 0.0741. The average Bonchev–Trinajstić information content (AvgIpc) is 3.26. The van der Waals surface area contributed by atoms with Gasteiger partial charge in [-0.05, 0) is 37.6 Å². The maximum atomic E-state index is 12.8. The Hall–Kier alpha value is -4.41. The smallest absolute Gasteiger partial charge is 0.268 e. The van der Waals surface area contributed by atoms with Crippen molar-refractivity contribution >= 4 is 39.1 Å². The van der Waals surface area contributed by atoms with Gasteiger partial charge in [-0.3, -0.25) is 10.1 Å². The van der Waals surface area contributed by atoms with Gasteiger partial charge in [-0.2, -0.15) is 5.26 Å². The van der Waals surface area contributed by atoms with Crippen LogP contribution in [0.4, 0.5) is 15.8 Å². The number of nitriles is 1. The lowest BCUT2D eigenvalue weighted by molar-refractivity contribution is -0.112. The van der Waals surface area contributed by atoms with Crippen LogP contribution in [0.5, 0.6) is 0 Å². The molecule has 1 aromatic heterocycles. The Morgan fingerprint density at radius 2 is 1.59 bits per heavy atom. The van der Waals surface area contributed by atoms with Crippen LogP contribution < -0.4 is 5.32 Å². The number of aromatic nitrogens is 1. The highest BCUT2D eigenvalue weighted by atomic mass is 32.1. The molecule has 0 radical (unpaired) electrons. The first kappa shape index (κ1) is 22.8. The number of rotatable bonds is 6. The minimum Gasteiger partial charge on any atom is -0.297 e. The first-order valence-electron chi connectivity index (χ1n) is 10.6. The molecule has 34 heavy (non-hydrogen) atoms. The van der Waals surface area contributed by atoms with E-state index in [1.807, 2.05) is 98.8 Å². The standard InChI is InChI=1S/C27H21N5OS/c1-18-8-12-20(13-9-18)16-22(17-28)25(33)30-27-29-24(21-6-4-3-5-7-21)26(34-27)32-31-23-14-10-19(2)11-15-23/h3-16H,1-2H3,(H,29,30,33)/b22-16+,32-31?. The molecule has 4 aromatic rings. The van der Waals surface area contributed by atoms with Crippen LogP contribution in [0.25, 0.3) is 17.3 Å². The van der Waals surface area contributed by atoms with Gasteiger partial charge in [0.25, 0.3) is 5.91 Å². The van der Waals surface area contributed by atoms with Gasteiger partial charge in [0.1, 0.15) is 17.3 Å². The van der Waals surface area contributed by atoms with Crippen molar-refractivity contribution in [1.82, 2.24) is 4.98 Å². The summed E-state index contributed by atoms with van der Waals surface area (Å²) in [6.45, 7) is 3.99. The first-order valence-corrected chi connectivity index (χ1v) is 11.4. The van der Waals surface area contributed by atoms with Gasteiger partial charge in [0, 0.05) is 5.56 Å². The van der Waals surface area contributed by atoms with E-state index in [9.17, 15) is 10.1 Å². The van der Waals surface area contributed by atoms with E-state index in [1.54, 1.807) is 6.08 Å². The molecule has 0 fully saturated rings. The van der Waals surface area contributed by atoms with Crippen LogP contribution in [-0.4, -0.2) is 10.9 Å². The van der Waals surface area contributed by atoms with E-state index in [4.69, 9.17) is 0 Å². The van der Waals surface area contributed by atoms with E-state index in [0.29, 0.717) is 15.8 Å². The molecule has 0 atom stereocenters. The number of carbonyl (C=O) groups excluding carboxylic acids is 1. The Bertz CT molecular complexity index is 1400. The lowest BCUT2D eigenvalue weighted by Gasteiger charge is -2.01. The molecule has 4 rings (SSSR count). The van der Waals surface area contributed by atoms with Crippen LogP contribution in [0.2, 0.25) is 0 Å². The number of anilines is 1. The lowest BCUT2D eigenvalue weighted by atomic mass is 10.1. The third kappa shape index (κ3) is 5.68. The number of thiazole rings is 1. The monoisotopic (exact) mass is 463 g/mol. The van der Waals surface area contributed by atoms with Gasteiger partial charge in [-0.1, -0.05) is 89.2 Å². The second-order valence-corrected chi connectivity index (χ2v) is 8.59. The maximum absolute atomic E-state index is 12.8. The first-order chi connectivity index (χ1) is 16.5. The summed E-state index contributed by atoms with van der Waals surface area (Å²) in [5.41, 5.74) is 5.18. The zero-order valence-corrected chi connectivity index (χ0v) is 19.5. The Morgan fingerprint density at radius 1 is 0.941 bits per heavy atom. The fourth-order valence-electron chi connectivity index (χ4n) is 3.07. The van der Waals surface area contributed by atoms with Gasteiger partial charge < -0.3 is 0 Å². The van der Waals surface area contributed by atoms with Crippen molar-refractivity contribution in [1.29, 1.82) is 5.26 Å². The van der Waals surface area contributed by atoms with Gasteiger partial charge in [0.2, 0.25) is 0 Å². The molecule has 1 heterocycles. The Morgan fingerprint density at radius 3 is 2.24 bits per heavy atom. The molecular formula is C27H21N5OS.